The molecule has 1 saturated carbocycles. The van der Waals surface area contributed by atoms with Crippen LogP contribution in [0.3, 0.4) is 0 Å². The molecule has 0 radical (unpaired) electrons. The molecule has 0 aromatic carbocycles. The van der Waals surface area contributed by atoms with E-state index in [1.807, 2.05) is 0 Å². The molecule has 1 aromatic rings. The van der Waals surface area contributed by atoms with Gasteiger partial charge < -0.3 is 15.4 Å². The molecule has 3 atom stereocenters. The van der Waals surface area contributed by atoms with E-state index in [0.29, 0.717) is 18.2 Å². The number of carbonyl (C=O) groups is 1. The number of nitrogens with one attached hydrogen (secondary N) is 3. The highest BCUT2D eigenvalue weighted by atomic mass is 16.5. The van der Waals surface area contributed by atoms with E-state index in [1.54, 1.807) is 7.11 Å². The van der Waals surface area contributed by atoms with Gasteiger partial charge in [0.1, 0.15) is 0 Å². The van der Waals surface area contributed by atoms with Gasteiger partial charge in [0.05, 0.1) is 6.10 Å². The molecule has 1 amide bonds. The number of hydrogen-bond donors (Lipinski definition) is 3. The van der Waals surface area contributed by atoms with Crippen LogP contribution in [-0.2, 0) is 17.7 Å². The fraction of sp³-hybridized carbons (Fsp3) is 0.765. The molecule has 0 spiro atoms. The van der Waals surface area contributed by atoms with Crippen molar-refractivity contribution in [2.45, 2.75) is 58.7 Å². The molecule has 23 heavy (non-hydrogen) atoms. The van der Waals surface area contributed by atoms with Gasteiger partial charge in [-0.2, -0.15) is 5.10 Å². The molecule has 2 heterocycles. The first-order valence-corrected chi connectivity index (χ1v) is 8.69. The SMILES string of the molecule is CCC1(CC)C(NC(=O)c2n[nH]c3c2CNCC3)C(C)C1OC. The molecule has 128 valence electrons. The summed E-state index contributed by atoms with van der Waals surface area (Å²) in [6.07, 6.45) is 3.10. The number of aromatic nitrogens is 2. The lowest BCUT2D eigenvalue weighted by molar-refractivity contribution is -0.164. The Morgan fingerprint density at radius 3 is 2.83 bits per heavy atom. The van der Waals surface area contributed by atoms with Crippen LogP contribution >= 0.6 is 0 Å². The predicted molar refractivity (Wildman–Crippen MR) is 88.2 cm³/mol. The van der Waals surface area contributed by atoms with Gasteiger partial charge in [0.2, 0.25) is 0 Å². The van der Waals surface area contributed by atoms with Crippen LogP contribution in [0.2, 0.25) is 0 Å². The van der Waals surface area contributed by atoms with Gasteiger partial charge in [-0.15, -0.1) is 0 Å². The molecule has 1 aliphatic carbocycles. The number of rotatable bonds is 5. The summed E-state index contributed by atoms with van der Waals surface area (Å²) in [5.74, 6) is 0.251. The lowest BCUT2D eigenvalue weighted by Crippen LogP contribution is -2.70. The summed E-state index contributed by atoms with van der Waals surface area (Å²) in [6.45, 7) is 8.16. The fourth-order valence-electron chi connectivity index (χ4n) is 4.72. The zero-order valence-corrected chi connectivity index (χ0v) is 14.5. The zero-order chi connectivity index (χ0) is 16.6. The number of methoxy groups -OCH3 is 1. The number of aromatic amines is 1. The lowest BCUT2D eigenvalue weighted by atomic mass is 9.53. The van der Waals surface area contributed by atoms with Crippen molar-refractivity contribution in [3.8, 4) is 0 Å². The molecule has 1 aliphatic heterocycles. The predicted octanol–water partition coefficient (Wildman–Crippen LogP) is 1.62. The molecule has 0 bridgehead atoms. The van der Waals surface area contributed by atoms with Crippen LogP contribution < -0.4 is 10.6 Å². The summed E-state index contributed by atoms with van der Waals surface area (Å²) in [4.78, 5) is 12.8. The second-order valence-corrected chi connectivity index (χ2v) is 6.86. The van der Waals surface area contributed by atoms with Gasteiger partial charge in [-0.3, -0.25) is 9.89 Å². The number of hydrogen-bond acceptors (Lipinski definition) is 4. The highest BCUT2D eigenvalue weighted by Crippen LogP contribution is 2.52. The first-order chi connectivity index (χ1) is 11.1. The maximum atomic E-state index is 12.8. The van der Waals surface area contributed by atoms with Crippen LogP contribution in [0.25, 0.3) is 0 Å². The normalized spacial score (nSPS) is 28.8. The fourth-order valence-corrected chi connectivity index (χ4v) is 4.72. The number of amides is 1. The minimum Gasteiger partial charge on any atom is -0.380 e. The molecule has 6 heteroatoms. The van der Waals surface area contributed by atoms with Crippen molar-refractivity contribution in [2.75, 3.05) is 13.7 Å². The minimum absolute atomic E-state index is 0.0262. The third-order valence-corrected chi connectivity index (χ3v) is 6.07. The molecule has 0 saturated heterocycles. The van der Waals surface area contributed by atoms with Crippen LogP contribution in [0.15, 0.2) is 0 Å². The monoisotopic (exact) mass is 320 g/mol. The molecule has 3 rings (SSSR count). The lowest BCUT2D eigenvalue weighted by Gasteiger charge is -2.59. The third-order valence-electron chi connectivity index (χ3n) is 6.07. The number of fused-ring (bicyclic) bond motifs is 1. The van der Waals surface area contributed by atoms with Crippen molar-refractivity contribution in [3.63, 3.8) is 0 Å². The summed E-state index contributed by atoms with van der Waals surface area (Å²) in [6, 6.07) is 0.138. The summed E-state index contributed by atoms with van der Waals surface area (Å²) in [7, 11) is 1.77. The van der Waals surface area contributed by atoms with Crippen molar-refractivity contribution >= 4 is 5.91 Å². The van der Waals surface area contributed by atoms with Crippen molar-refractivity contribution in [3.05, 3.63) is 17.0 Å². The number of nitrogens with zero attached hydrogens (tertiary/aromatic N) is 1. The van der Waals surface area contributed by atoms with Gasteiger partial charge in [-0.1, -0.05) is 20.8 Å². The number of H-pyrrole nitrogens is 1. The highest BCUT2D eigenvalue weighted by Gasteiger charge is 2.59. The largest absolute Gasteiger partial charge is 0.380 e. The Bertz CT molecular complexity index is 579. The molecule has 1 fully saturated rings. The van der Waals surface area contributed by atoms with E-state index in [-0.39, 0.29) is 23.5 Å². The first-order valence-electron chi connectivity index (χ1n) is 8.69. The van der Waals surface area contributed by atoms with E-state index in [4.69, 9.17) is 4.74 Å². The minimum atomic E-state index is -0.0659. The van der Waals surface area contributed by atoms with Crippen molar-refractivity contribution in [1.29, 1.82) is 0 Å². The average Bonchev–Trinajstić information content (AvgIpc) is 3.01. The average molecular weight is 320 g/mol. The smallest absolute Gasteiger partial charge is 0.272 e. The van der Waals surface area contributed by atoms with Gasteiger partial charge in [-0.05, 0) is 12.8 Å². The van der Waals surface area contributed by atoms with Crippen molar-refractivity contribution in [2.24, 2.45) is 11.3 Å². The molecule has 6 nitrogen and oxygen atoms in total. The summed E-state index contributed by atoms with van der Waals surface area (Å²) < 4.78 is 5.71. The van der Waals surface area contributed by atoms with Gasteiger partial charge in [0.25, 0.3) is 5.91 Å². The van der Waals surface area contributed by atoms with Crippen LogP contribution in [0.5, 0.6) is 0 Å². The quantitative estimate of drug-likeness (QED) is 0.770. The van der Waals surface area contributed by atoms with E-state index < -0.39 is 0 Å². The Balaban J connectivity index is 1.78. The van der Waals surface area contributed by atoms with E-state index in [0.717, 1.165) is 37.1 Å². The van der Waals surface area contributed by atoms with Crippen molar-refractivity contribution in [1.82, 2.24) is 20.8 Å². The molecule has 3 N–H and O–H groups in total. The molecule has 2 aliphatic rings. The second kappa shape index (κ2) is 6.24. The Morgan fingerprint density at radius 2 is 2.17 bits per heavy atom. The van der Waals surface area contributed by atoms with E-state index >= 15 is 0 Å². The second-order valence-electron chi connectivity index (χ2n) is 6.86. The summed E-state index contributed by atoms with van der Waals surface area (Å²) in [5.41, 5.74) is 2.67. The maximum absolute atomic E-state index is 12.8. The molecular weight excluding hydrogens is 292 g/mol. The maximum Gasteiger partial charge on any atom is 0.272 e. The van der Waals surface area contributed by atoms with Crippen molar-refractivity contribution < 1.29 is 9.53 Å². The van der Waals surface area contributed by atoms with Gasteiger partial charge in [-0.25, -0.2) is 0 Å². The number of ether oxygens (including phenoxy) is 1. The highest BCUT2D eigenvalue weighted by molar-refractivity contribution is 5.94. The molecular formula is C17H28N4O2. The van der Waals surface area contributed by atoms with Gasteiger partial charge in [0, 0.05) is 55.3 Å². The Labute approximate surface area is 137 Å². The van der Waals surface area contributed by atoms with E-state index in [2.05, 4.69) is 41.6 Å². The summed E-state index contributed by atoms with van der Waals surface area (Å²) >= 11 is 0. The first kappa shape index (κ1) is 16.5. The zero-order valence-electron chi connectivity index (χ0n) is 14.5. The van der Waals surface area contributed by atoms with E-state index in [9.17, 15) is 4.79 Å². The van der Waals surface area contributed by atoms with Gasteiger partial charge in [0.15, 0.2) is 5.69 Å². The van der Waals surface area contributed by atoms with Crippen LogP contribution in [0, 0.1) is 11.3 Å². The molecule has 1 aromatic heterocycles. The topological polar surface area (TPSA) is 79.0 Å². The standard InChI is InChI=1S/C17H28N4O2/c1-5-17(6-2)14(10(3)15(17)23-4)19-16(22)13-11-9-18-8-7-12(11)20-21-13/h10,14-15,18H,5-9H2,1-4H3,(H,19,22)(H,20,21). The van der Waals surface area contributed by atoms with Crippen LogP contribution in [-0.4, -0.2) is 41.9 Å². The third kappa shape index (κ3) is 2.39. The number of carbonyl (C=O) groups excluding carboxylic acids is 1. The van der Waals surface area contributed by atoms with Crippen LogP contribution in [0.1, 0.15) is 55.4 Å². The summed E-state index contributed by atoms with van der Waals surface area (Å²) in [5, 5.41) is 13.8. The Kier molecular flexibility index (Phi) is 4.47. The van der Waals surface area contributed by atoms with Crippen LogP contribution in [0.4, 0.5) is 0 Å². The van der Waals surface area contributed by atoms with E-state index in [1.165, 1.54) is 0 Å². The Hall–Kier alpha value is -1.40. The molecule has 3 unspecified atom stereocenters. The van der Waals surface area contributed by atoms with Gasteiger partial charge >= 0.3 is 0 Å². The Morgan fingerprint density at radius 1 is 1.43 bits per heavy atom.